The van der Waals surface area contributed by atoms with Gasteiger partial charge in [0.1, 0.15) is 6.61 Å². The molecule has 112 valence electrons. The van der Waals surface area contributed by atoms with Crippen LogP contribution in [0.2, 0.25) is 0 Å². The first-order valence-corrected chi connectivity index (χ1v) is 7.29. The molecule has 22 heavy (non-hydrogen) atoms. The predicted molar refractivity (Wildman–Crippen MR) is 85.9 cm³/mol. The van der Waals surface area contributed by atoms with Gasteiger partial charge in [-0.1, -0.05) is 0 Å². The number of nitrogens with zero attached hydrogens (tertiary/aromatic N) is 2. The van der Waals surface area contributed by atoms with E-state index in [9.17, 15) is 9.59 Å². The van der Waals surface area contributed by atoms with Gasteiger partial charge in [-0.2, -0.15) is 0 Å². The minimum Gasteiger partial charge on any atom is -0.487 e. The Balaban J connectivity index is 2.41. The van der Waals surface area contributed by atoms with Crippen LogP contribution < -0.4 is 15.9 Å². The number of rotatable bonds is 0. The van der Waals surface area contributed by atoms with Gasteiger partial charge in [0.25, 0.3) is 11.1 Å². The Morgan fingerprint density at radius 1 is 0.955 bits per heavy atom. The molecule has 0 bridgehead atoms. The van der Waals surface area contributed by atoms with Crippen LogP contribution in [-0.2, 0) is 13.6 Å². The Morgan fingerprint density at radius 3 is 2.32 bits per heavy atom. The molecule has 5 heteroatoms. The van der Waals surface area contributed by atoms with E-state index in [4.69, 9.17) is 4.74 Å². The fourth-order valence-electron chi connectivity index (χ4n) is 3.36. The molecule has 0 atom stereocenters. The fraction of sp³-hybridized carbons (Fsp3) is 0.294. The van der Waals surface area contributed by atoms with Crippen molar-refractivity contribution in [1.29, 1.82) is 0 Å². The molecule has 0 saturated carbocycles. The van der Waals surface area contributed by atoms with Crippen molar-refractivity contribution in [2.45, 2.75) is 20.4 Å². The summed E-state index contributed by atoms with van der Waals surface area (Å²) in [6.07, 6.45) is 0. The molecule has 0 unspecified atom stereocenters. The van der Waals surface area contributed by atoms with Crippen molar-refractivity contribution in [3.8, 4) is 5.75 Å². The van der Waals surface area contributed by atoms with Crippen molar-refractivity contribution >= 4 is 21.8 Å². The van der Waals surface area contributed by atoms with E-state index < -0.39 is 0 Å². The van der Waals surface area contributed by atoms with Gasteiger partial charge in [-0.15, -0.1) is 0 Å². The molecule has 0 spiro atoms. The van der Waals surface area contributed by atoms with Crippen LogP contribution in [0.5, 0.6) is 5.75 Å². The summed E-state index contributed by atoms with van der Waals surface area (Å²) in [5, 5.41) is 1.99. The maximum Gasteiger partial charge on any atom is 0.251 e. The summed E-state index contributed by atoms with van der Waals surface area (Å²) in [6.45, 7) is 4.83. The van der Waals surface area contributed by atoms with Gasteiger partial charge in [0.05, 0.1) is 17.6 Å². The highest BCUT2D eigenvalue weighted by Gasteiger charge is 2.21. The second-order valence-corrected chi connectivity index (χ2v) is 5.89. The summed E-state index contributed by atoms with van der Waals surface area (Å²) >= 11 is 0. The van der Waals surface area contributed by atoms with Crippen LogP contribution in [-0.4, -0.2) is 15.7 Å². The first-order chi connectivity index (χ1) is 10.5. The summed E-state index contributed by atoms with van der Waals surface area (Å²) in [5.74, 6) is 0.642. The first-order valence-electron chi connectivity index (χ1n) is 7.29. The molecule has 5 nitrogen and oxygen atoms in total. The van der Waals surface area contributed by atoms with Crippen LogP contribution in [0.15, 0.2) is 27.8 Å². The number of benzene rings is 1. The lowest BCUT2D eigenvalue weighted by Crippen LogP contribution is -2.28. The lowest BCUT2D eigenvalue weighted by atomic mass is 10.0. The summed E-state index contributed by atoms with van der Waals surface area (Å²) in [6, 6.07) is 5.36. The van der Waals surface area contributed by atoms with Crippen molar-refractivity contribution in [2.75, 3.05) is 6.61 Å². The Hall–Kier alpha value is -2.56. The smallest absolute Gasteiger partial charge is 0.251 e. The van der Waals surface area contributed by atoms with Crippen LogP contribution in [0.25, 0.3) is 21.8 Å². The highest BCUT2D eigenvalue weighted by Crippen LogP contribution is 2.37. The Kier molecular flexibility index (Phi) is 2.52. The quantitative estimate of drug-likeness (QED) is 0.595. The van der Waals surface area contributed by atoms with E-state index in [1.54, 1.807) is 28.3 Å². The van der Waals surface area contributed by atoms with E-state index in [1.807, 2.05) is 13.8 Å². The van der Waals surface area contributed by atoms with E-state index in [0.717, 1.165) is 32.9 Å². The first kappa shape index (κ1) is 13.1. The molecular formula is C17H16N2O3. The lowest BCUT2D eigenvalue weighted by Gasteiger charge is -2.24. The Labute approximate surface area is 126 Å². The number of aryl methyl sites for hydroxylation is 3. The molecular weight excluding hydrogens is 280 g/mol. The van der Waals surface area contributed by atoms with Gasteiger partial charge in [0.15, 0.2) is 5.75 Å². The molecule has 1 aliphatic rings. The lowest BCUT2D eigenvalue weighted by molar-refractivity contribution is 0.286. The molecule has 1 aliphatic heterocycles. The maximum atomic E-state index is 12.3. The highest BCUT2D eigenvalue weighted by molar-refractivity contribution is 6.04. The van der Waals surface area contributed by atoms with Crippen LogP contribution in [0, 0.1) is 13.8 Å². The normalized spacial score (nSPS) is 13.6. The molecule has 0 saturated heterocycles. The van der Waals surface area contributed by atoms with Gasteiger partial charge >= 0.3 is 0 Å². The summed E-state index contributed by atoms with van der Waals surface area (Å²) in [4.78, 5) is 24.4. The molecule has 0 fully saturated rings. The largest absolute Gasteiger partial charge is 0.487 e. The highest BCUT2D eigenvalue weighted by atomic mass is 16.5. The van der Waals surface area contributed by atoms with Gasteiger partial charge in [0, 0.05) is 30.0 Å². The minimum absolute atomic E-state index is 0.0217. The number of hydrogen-bond donors (Lipinski definition) is 0. The predicted octanol–water partition coefficient (Wildman–Crippen LogP) is 1.86. The molecule has 3 heterocycles. The molecule has 0 aliphatic carbocycles. The van der Waals surface area contributed by atoms with Crippen molar-refractivity contribution < 1.29 is 4.74 Å². The third kappa shape index (κ3) is 1.53. The van der Waals surface area contributed by atoms with Crippen molar-refractivity contribution in [3.63, 3.8) is 0 Å². The number of ether oxygens (including phenoxy) is 1. The molecule has 0 radical (unpaired) electrons. The maximum absolute atomic E-state index is 12.3. The average molecular weight is 296 g/mol. The zero-order chi connectivity index (χ0) is 15.6. The van der Waals surface area contributed by atoms with Crippen molar-refractivity contribution in [1.82, 2.24) is 9.13 Å². The molecule has 4 rings (SSSR count). The minimum atomic E-state index is -0.0728. The van der Waals surface area contributed by atoms with E-state index in [1.165, 1.54) is 0 Å². The van der Waals surface area contributed by atoms with E-state index in [-0.39, 0.29) is 11.1 Å². The Morgan fingerprint density at radius 2 is 1.59 bits per heavy atom. The second kappa shape index (κ2) is 4.22. The third-order valence-corrected chi connectivity index (χ3v) is 4.52. The van der Waals surface area contributed by atoms with E-state index in [0.29, 0.717) is 18.9 Å². The standard InChI is InChI=1S/C17H16N2O3/c1-9-6-13(20)18(3)15-11(9)8-12-10(2)7-14(21)19-4-5-22-17(15)16(12)19/h6-8H,4-5H2,1-3H3. The van der Waals surface area contributed by atoms with Gasteiger partial charge < -0.3 is 13.9 Å². The van der Waals surface area contributed by atoms with Crippen molar-refractivity contribution in [3.05, 3.63) is 50.0 Å². The summed E-state index contributed by atoms with van der Waals surface area (Å²) < 4.78 is 9.23. The Bertz CT molecular complexity index is 1050. The number of pyridine rings is 2. The second-order valence-electron chi connectivity index (χ2n) is 5.89. The topological polar surface area (TPSA) is 53.2 Å². The van der Waals surface area contributed by atoms with Gasteiger partial charge in [-0.25, -0.2) is 0 Å². The summed E-state index contributed by atoms with van der Waals surface area (Å²) in [5.41, 5.74) is 3.31. The van der Waals surface area contributed by atoms with Crippen molar-refractivity contribution in [2.24, 2.45) is 7.05 Å². The monoisotopic (exact) mass is 296 g/mol. The van der Waals surface area contributed by atoms with Crippen LogP contribution >= 0.6 is 0 Å². The van der Waals surface area contributed by atoms with Gasteiger partial charge in [-0.3, -0.25) is 9.59 Å². The number of fused-ring (bicyclic) bond motifs is 2. The van der Waals surface area contributed by atoms with Crippen LogP contribution in [0.3, 0.4) is 0 Å². The van der Waals surface area contributed by atoms with E-state index >= 15 is 0 Å². The molecule has 1 aromatic carbocycles. The van der Waals surface area contributed by atoms with E-state index in [2.05, 4.69) is 6.07 Å². The SMILES string of the molecule is Cc1cc(=O)n(C)c2c3c4c(cc12)c(C)cc(=O)n4CCO3. The van der Waals surface area contributed by atoms with Gasteiger partial charge in [-0.05, 0) is 31.0 Å². The molecule has 2 aromatic heterocycles. The molecule has 3 aromatic rings. The zero-order valence-corrected chi connectivity index (χ0v) is 12.8. The molecule has 0 amide bonds. The fourth-order valence-corrected chi connectivity index (χ4v) is 3.36. The number of hydrogen-bond acceptors (Lipinski definition) is 3. The zero-order valence-electron chi connectivity index (χ0n) is 12.8. The van der Waals surface area contributed by atoms with Crippen LogP contribution in [0.1, 0.15) is 11.1 Å². The average Bonchev–Trinajstić information content (AvgIpc) is 2.49. The third-order valence-electron chi connectivity index (χ3n) is 4.52. The summed E-state index contributed by atoms with van der Waals surface area (Å²) in [7, 11) is 1.74. The molecule has 0 N–H and O–H groups in total. The van der Waals surface area contributed by atoms with Gasteiger partial charge in [0.2, 0.25) is 0 Å². The number of aromatic nitrogens is 2. The van der Waals surface area contributed by atoms with Crippen LogP contribution in [0.4, 0.5) is 0 Å².